The fourth-order valence-electron chi connectivity index (χ4n) is 0.151. The minimum atomic E-state index is -1.50. The lowest BCUT2D eigenvalue weighted by molar-refractivity contribution is 0.372. The molecule has 0 spiro atoms. The van der Waals surface area contributed by atoms with Gasteiger partial charge in [0.15, 0.2) is 8.03 Å². The SMILES string of the molecule is O=[PH]1C[CH]O1. The summed E-state index contributed by atoms with van der Waals surface area (Å²) in [6.07, 6.45) is 0.685. The first-order valence-electron chi connectivity index (χ1n) is 1.41. The molecule has 1 aliphatic heterocycles. The van der Waals surface area contributed by atoms with Crippen LogP contribution in [0.25, 0.3) is 0 Å². The topological polar surface area (TPSA) is 26.3 Å². The van der Waals surface area contributed by atoms with E-state index in [4.69, 9.17) is 0 Å². The van der Waals surface area contributed by atoms with Crippen LogP contribution in [0.1, 0.15) is 0 Å². The molecule has 1 atom stereocenters. The predicted octanol–water partition coefficient (Wildman–Crippen LogP) is 0.653. The smallest absolute Gasteiger partial charge is 0.194 e. The number of hydrogen-bond donors (Lipinski definition) is 0. The lowest BCUT2D eigenvalue weighted by Crippen LogP contribution is -1.93. The van der Waals surface area contributed by atoms with Crippen LogP contribution < -0.4 is 0 Å². The lowest BCUT2D eigenvalue weighted by atomic mass is 10.9. The van der Waals surface area contributed by atoms with Gasteiger partial charge in [0.25, 0.3) is 0 Å². The van der Waals surface area contributed by atoms with Gasteiger partial charge in [-0.1, -0.05) is 0 Å². The van der Waals surface area contributed by atoms with Gasteiger partial charge in [-0.05, 0) is 0 Å². The van der Waals surface area contributed by atoms with Gasteiger partial charge < -0.3 is 4.52 Å². The van der Waals surface area contributed by atoms with Crippen molar-refractivity contribution in [1.82, 2.24) is 0 Å². The molecule has 1 fully saturated rings. The second-order valence-corrected chi connectivity index (χ2v) is 2.25. The molecule has 29 valence electrons. The summed E-state index contributed by atoms with van der Waals surface area (Å²) in [5.41, 5.74) is 0. The van der Waals surface area contributed by atoms with Crippen molar-refractivity contribution in [2.24, 2.45) is 0 Å². The normalized spacial score (nSPS) is 36.4. The molecule has 1 heterocycles. The molecular weight excluding hydrogens is 87.0 g/mol. The van der Waals surface area contributed by atoms with Crippen LogP contribution in [-0.2, 0) is 9.09 Å². The molecule has 0 N–H and O–H groups in total. The van der Waals surface area contributed by atoms with Crippen molar-refractivity contribution in [1.29, 1.82) is 0 Å². The Kier molecular flexibility index (Phi) is 0.753. The van der Waals surface area contributed by atoms with Gasteiger partial charge in [-0.25, -0.2) is 0 Å². The first-order valence-corrected chi connectivity index (χ1v) is 2.93. The Hall–Kier alpha value is 0.190. The van der Waals surface area contributed by atoms with Crippen LogP contribution in [0.4, 0.5) is 0 Å². The van der Waals surface area contributed by atoms with E-state index in [1.807, 2.05) is 0 Å². The monoisotopic (exact) mass is 91.0 g/mol. The number of rotatable bonds is 0. The molecule has 1 aliphatic rings. The molecule has 3 heteroatoms. The van der Waals surface area contributed by atoms with E-state index in [0.29, 0.717) is 6.16 Å². The second-order valence-electron chi connectivity index (χ2n) is 0.861. The van der Waals surface area contributed by atoms with Crippen LogP contribution in [0.5, 0.6) is 0 Å². The Labute approximate surface area is 31.0 Å². The van der Waals surface area contributed by atoms with E-state index in [1.54, 1.807) is 6.61 Å². The van der Waals surface area contributed by atoms with Gasteiger partial charge in [0.05, 0.1) is 6.16 Å². The molecule has 0 aromatic carbocycles. The highest BCUT2D eigenvalue weighted by molar-refractivity contribution is 7.40. The van der Waals surface area contributed by atoms with E-state index in [2.05, 4.69) is 4.52 Å². The van der Waals surface area contributed by atoms with Crippen LogP contribution in [0, 0.1) is 6.61 Å². The third kappa shape index (κ3) is 0.524. The Morgan fingerprint density at radius 1 is 2.00 bits per heavy atom. The third-order valence-corrected chi connectivity index (χ3v) is 1.39. The fourth-order valence-corrected chi connectivity index (χ4v) is 0.454. The first kappa shape index (κ1) is 3.38. The summed E-state index contributed by atoms with van der Waals surface area (Å²) < 4.78 is 14.2. The summed E-state index contributed by atoms with van der Waals surface area (Å²) in [6.45, 7) is 1.56. The molecule has 2 nitrogen and oxygen atoms in total. The summed E-state index contributed by atoms with van der Waals surface area (Å²) in [7, 11) is -1.50. The highest BCUT2D eigenvalue weighted by Gasteiger charge is 2.08. The van der Waals surface area contributed by atoms with Gasteiger partial charge in [0, 0.05) is 0 Å². The van der Waals surface area contributed by atoms with E-state index in [1.165, 1.54) is 0 Å². The largest absolute Gasteiger partial charge is 0.324 e. The first-order chi connectivity index (χ1) is 2.39. The van der Waals surface area contributed by atoms with E-state index >= 15 is 0 Å². The summed E-state index contributed by atoms with van der Waals surface area (Å²) >= 11 is 0. The average molecular weight is 91.0 g/mol. The van der Waals surface area contributed by atoms with E-state index in [9.17, 15) is 4.57 Å². The van der Waals surface area contributed by atoms with E-state index in [-0.39, 0.29) is 0 Å². The molecule has 1 saturated heterocycles. The Bertz CT molecular complexity index is 54.7. The molecule has 1 radical (unpaired) electrons. The summed E-state index contributed by atoms with van der Waals surface area (Å²) in [4.78, 5) is 0. The van der Waals surface area contributed by atoms with Crippen LogP contribution >= 0.6 is 8.03 Å². The van der Waals surface area contributed by atoms with Crippen LogP contribution in [0.15, 0.2) is 0 Å². The van der Waals surface area contributed by atoms with Crippen molar-refractivity contribution in [3.05, 3.63) is 6.61 Å². The Morgan fingerprint density at radius 3 is 2.40 bits per heavy atom. The van der Waals surface area contributed by atoms with E-state index in [0.717, 1.165) is 0 Å². The van der Waals surface area contributed by atoms with Gasteiger partial charge in [0.1, 0.15) is 6.61 Å². The van der Waals surface area contributed by atoms with Crippen molar-refractivity contribution < 1.29 is 9.09 Å². The van der Waals surface area contributed by atoms with Crippen molar-refractivity contribution in [2.75, 3.05) is 6.16 Å². The molecule has 0 saturated carbocycles. The molecule has 1 rings (SSSR count). The van der Waals surface area contributed by atoms with Gasteiger partial charge in [-0.15, -0.1) is 0 Å². The standard InChI is InChI=1S/C2H4O2P/c3-5-2-1-4-5/h1,5H,2H2. The van der Waals surface area contributed by atoms with Gasteiger partial charge in [0.2, 0.25) is 0 Å². The van der Waals surface area contributed by atoms with Crippen molar-refractivity contribution >= 4 is 8.03 Å². The maximum absolute atomic E-state index is 9.83. The zero-order valence-electron chi connectivity index (χ0n) is 2.60. The maximum Gasteiger partial charge on any atom is 0.194 e. The minimum absolute atomic E-state index is 0.685. The van der Waals surface area contributed by atoms with Crippen LogP contribution in [0.2, 0.25) is 0 Å². The van der Waals surface area contributed by atoms with Crippen LogP contribution in [-0.4, -0.2) is 6.16 Å². The predicted molar refractivity (Wildman–Crippen MR) is 19.3 cm³/mol. The van der Waals surface area contributed by atoms with Crippen molar-refractivity contribution in [3.63, 3.8) is 0 Å². The highest BCUT2D eigenvalue weighted by Crippen LogP contribution is 2.33. The summed E-state index contributed by atoms with van der Waals surface area (Å²) in [6, 6.07) is 0. The van der Waals surface area contributed by atoms with Gasteiger partial charge in [-0.2, -0.15) is 0 Å². The lowest BCUT2D eigenvalue weighted by Gasteiger charge is -2.08. The van der Waals surface area contributed by atoms with E-state index < -0.39 is 8.03 Å². The van der Waals surface area contributed by atoms with Crippen molar-refractivity contribution in [3.8, 4) is 0 Å². The molecule has 1 unspecified atom stereocenters. The highest BCUT2D eigenvalue weighted by atomic mass is 31.1. The summed E-state index contributed by atoms with van der Waals surface area (Å²) in [5.74, 6) is 0. The number of hydrogen-bond acceptors (Lipinski definition) is 2. The molecule has 0 aromatic rings. The third-order valence-electron chi connectivity index (χ3n) is 0.465. The quantitative estimate of drug-likeness (QED) is 0.409. The maximum atomic E-state index is 9.83. The fraction of sp³-hybridized carbons (Fsp3) is 0.500. The zero-order chi connectivity index (χ0) is 3.70. The summed E-state index contributed by atoms with van der Waals surface area (Å²) in [5, 5.41) is 0. The van der Waals surface area contributed by atoms with Gasteiger partial charge in [-0.3, -0.25) is 4.57 Å². The van der Waals surface area contributed by atoms with Crippen LogP contribution in [0.3, 0.4) is 0 Å². The molecule has 5 heavy (non-hydrogen) atoms. The van der Waals surface area contributed by atoms with Gasteiger partial charge >= 0.3 is 0 Å². The Morgan fingerprint density at radius 2 is 2.40 bits per heavy atom. The minimum Gasteiger partial charge on any atom is -0.324 e. The molecule has 0 bridgehead atoms. The van der Waals surface area contributed by atoms with Crippen molar-refractivity contribution in [2.45, 2.75) is 0 Å². The second kappa shape index (κ2) is 1.11. The molecule has 0 amide bonds. The molecule has 0 aromatic heterocycles. The average Bonchev–Trinajstić information content (AvgIpc) is 1.30. The molecule has 0 aliphatic carbocycles. The Balaban J connectivity index is 2.32. The molecular formula is C2H4O2P. The zero-order valence-corrected chi connectivity index (χ0v) is 3.60.